The van der Waals surface area contributed by atoms with Crippen molar-refractivity contribution in [3.63, 3.8) is 0 Å². The average molecular weight is 239 g/mol. The third-order valence-corrected chi connectivity index (χ3v) is 2.66. The molecule has 0 saturated heterocycles. The smallest absolute Gasteiger partial charge is 0.0982 e. The summed E-state index contributed by atoms with van der Waals surface area (Å²) in [5, 5.41) is 10.2. The van der Waals surface area contributed by atoms with E-state index in [4.69, 9.17) is 0 Å². The van der Waals surface area contributed by atoms with Crippen molar-refractivity contribution >= 4 is 0 Å². The number of nitrogens with zero attached hydrogens (tertiary/aromatic N) is 1. The van der Waals surface area contributed by atoms with E-state index >= 15 is 0 Å². The van der Waals surface area contributed by atoms with E-state index in [-0.39, 0.29) is 0 Å². The first-order valence-corrected chi connectivity index (χ1v) is 6.76. The van der Waals surface area contributed by atoms with E-state index in [0.29, 0.717) is 0 Å². The molecule has 1 N–H and O–H groups in total. The molecule has 2 nitrogen and oxygen atoms in total. The van der Waals surface area contributed by atoms with Crippen molar-refractivity contribution in [3.05, 3.63) is 23.9 Å². The summed E-state index contributed by atoms with van der Waals surface area (Å²) >= 11 is 0. The van der Waals surface area contributed by atoms with Crippen molar-refractivity contribution in [1.29, 1.82) is 0 Å². The van der Waals surface area contributed by atoms with Gasteiger partial charge in [-0.15, -0.1) is 0 Å². The maximum atomic E-state index is 10.2. The second-order valence-corrected chi connectivity index (χ2v) is 4.90. The molecule has 0 amide bonds. The Morgan fingerprint density at radius 1 is 1.24 bits per heavy atom. The lowest BCUT2D eigenvalue weighted by Crippen LogP contribution is -2.37. The molecule has 0 aromatic carbocycles. The number of hydrogen-bond acceptors (Lipinski definition) is 2. The van der Waals surface area contributed by atoms with Crippen molar-refractivity contribution in [2.24, 2.45) is 0 Å². The summed E-state index contributed by atoms with van der Waals surface area (Å²) in [5.41, 5.74) is 0.313. The molecule has 0 bridgehead atoms. The molecule has 0 radical (unpaired) electrons. The lowest BCUT2D eigenvalue weighted by Gasteiger charge is -2.34. The monoisotopic (exact) mass is 239 g/mol. The summed E-state index contributed by atoms with van der Waals surface area (Å²) in [5.74, 6) is 0. The summed E-state index contributed by atoms with van der Waals surface area (Å²) in [7, 11) is 0. The van der Waals surface area contributed by atoms with E-state index in [1.165, 1.54) is 0 Å². The predicted molar refractivity (Wildman–Crippen MR) is 76.0 cm³/mol. The normalized spacial score (nSPS) is 13.4. The van der Waals surface area contributed by atoms with Gasteiger partial charge in [0.05, 0.1) is 5.60 Å². The largest absolute Gasteiger partial charge is 0.384 e. The van der Waals surface area contributed by atoms with E-state index in [9.17, 15) is 5.11 Å². The Balaban J connectivity index is 4.78. The van der Waals surface area contributed by atoms with Crippen molar-refractivity contribution < 1.29 is 5.11 Å². The minimum absolute atomic E-state index is 0.749. The van der Waals surface area contributed by atoms with E-state index in [1.54, 1.807) is 0 Å². The Morgan fingerprint density at radius 2 is 1.88 bits per heavy atom. The van der Waals surface area contributed by atoms with Crippen LogP contribution in [0.25, 0.3) is 0 Å². The van der Waals surface area contributed by atoms with E-state index in [1.807, 2.05) is 20.8 Å². The molecule has 0 spiro atoms. The molecule has 17 heavy (non-hydrogen) atoms. The first-order valence-electron chi connectivity index (χ1n) is 6.76. The van der Waals surface area contributed by atoms with Crippen LogP contribution in [0.15, 0.2) is 23.9 Å². The van der Waals surface area contributed by atoms with E-state index in [2.05, 4.69) is 37.0 Å². The Morgan fingerprint density at radius 3 is 2.29 bits per heavy atom. The van der Waals surface area contributed by atoms with Crippen LogP contribution in [0, 0.1) is 0 Å². The van der Waals surface area contributed by atoms with Crippen LogP contribution in [0.5, 0.6) is 0 Å². The molecule has 0 aromatic heterocycles. The van der Waals surface area contributed by atoms with Crippen molar-refractivity contribution in [2.75, 3.05) is 13.1 Å². The summed E-state index contributed by atoms with van der Waals surface area (Å²) < 4.78 is 0. The molecule has 0 aromatic rings. The van der Waals surface area contributed by atoms with Gasteiger partial charge in [-0.05, 0) is 40.0 Å². The van der Waals surface area contributed by atoms with Crippen LogP contribution in [0.1, 0.15) is 53.9 Å². The lowest BCUT2D eigenvalue weighted by molar-refractivity contribution is 0.0812. The minimum Gasteiger partial charge on any atom is -0.384 e. The molecule has 2 heteroatoms. The molecule has 0 unspecified atom stereocenters. The lowest BCUT2D eigenvalue weighted by atomic mass is 10.0. The molecule has 0 heterocycles. The van der Waals surface area contributed by atoms with Gasteiger partial charge in [0.25, 0.3) is 0 Å². The first-order chi connectivity index (χ1) is 7.97. The topological polar surface area (TPSA) is 23.5 Å². The first kappa shape index (κ1) is 16.2. The summed E-state index contributed by atoms with van der Waals surface area (Å²) in [6, 6.07) is 0. The Hall–Kier alpha value is -0.760. The van der Waals surface area contributed by atoms with Gasteiger partial charge in [0.15, 0.2) is 0 Å². The molecular formula is C15H29NO. The highest BCUT2D eigenvalue weighted by molar-refractivity contribution is 5.12. The van der Waals surface area contributed by atoms with Crippen LogP contribution in [0.4, 0.5) is 0 Å². The highest BCUT2D eigenvalue weighted by Crippen LogP contribution is 2.21. The zero-order valence-corrected chi connectivity index (χ0v) is 12.2. The highest BCUT2D eigenvalue weighted by Gasteiger charge is 2.23. The SMILES string of the molecule is C/C=C\CCN(CCC)/C(=C\CC)C(C)(C)O. The summed E-state index contributed by atoms with van der Waals surface area (Å²) in [6.45, 7) is 12.1. The van der Waals surface area contributed by atoms with Crippen LogP contribution >= 0.6 is 0 Å². The minimum atomic E-state index is -0.749. The number of allylic oxidation sites excluding steroid dienone is 2. The van der Waals surface area contributed by atoms with Crippen molar-refractivity contribution in [1.82, 2.24) is 4.90 Å². The molecule has 0 aliphatic heterocycles. The third-order valence-electron chi connectivity index (χ3n) is 2.66. The molecule has 0 atom stereocenters. The van der Waals surface area contributed by atoms with Gasteiger partial charge in [-0.2, -0.15) is 0 Å². The Bertz CT molecular complexity index is 248. The summed E-state index contributed by atoms with van der Waals surface area (Å²) in [6.07, 6.45) is 9.50. The zero-order valence-electron chi connectivity index (χ0n) is 12.2. The van der Waals surface area contributed by atoms with Gasteiger partial charge in [-0.1, -0.05) is 32.1 Å². The van der Waals surface area contributed by atoms with Crippen LogP contribution < -0.4 is 0 Å². The van der Waals surface area contributed by atoms with Gasteiger partial charge in [0, 0.05) is 18.8 Å². The van der Waals surface area contributed by atoms with Crippen molar-refractivity contribution in [3.8, 4) is 0 Å². The number of hydrogen-bond donors (Lipinski definition) is 1. The van der Waals surface area contributed by atoms with Crippen LogP contribution in [-0.2, 0) is 0 Å². The van der Waals surface area contributed by atoms with Crippen LogP contribution in [-0.4, -0.2) is 28.7 Å². The van der Waals surface area contributed by atoms with Crippen LogP contribution in [0.3, 0.4) is 0 Å². The van der Waals surface area contributed by atoms with Gasteiger partial charge < -0.3 is 10.0 Å². The number of aliphatic hydroxyl groups is 1. The molecular weight excluding hydrogens is 210 g/mol. The van der Waals surface area contributed by atoms with Gasteiger partial charge in [-0.25, -0.2) is 0 Å². The fraction of sp³-hybridized carbons (Fsp3) is 0.733. The molecule has 0 rings (SSSR count). The fourth-order valence-electron chi connectivity index (χ4n) is 1.98. The maximum absolute atomic E-state index is 10.2. The number of rotatable bonds is 8. The third kappa shape index (κ3) is 6.52. The van der Waals surface area contributed by atoms with Gasteiger partial charge in [0.2, 0.25) is 0 Å². The molecule has 100 valence electrons. The van der Waals surface area contributed by atoms with E-state index in [0.717, 1.165) is 38.0 Å². The Labute approximate surface area is 107 Å². The van der Waals surface area contributed by atoms with Gasteiger partial charge in [-0.3, -0.25) is 0 Å². The quantitative estimate of drug-likeness (QED) is 0.652. The van der Waals surface area contributed by atoms with Gasteiger partial charge in [0.1, 0.15) is 0 Å². The molecule has 0 saturated carbocycles. The van der Waals surface area contributed by atoms with Gasteiger partial charge >= 0.3 is 0 Å². The molecule has 0 aliphatic rings. The second kappa shape index (κ2) is 8.35. The standard InChI is InChI=1S/C15H29NO/c1-6-9-10-13-16(12-8-3)14(11-7-2)15(4,5)17/h6,9,11,17H,7-8,10,12-13H2,1-5H3/b9-6-,14-11-. The zero-order chi connectivity index (χ0) is 13.3. The van der Waals surface area contributed by atoms with Crippen molar-refractivity contribution in [2.45, 2.75) is 59.5 Å². The predicted octanol–water partition coefficient (Wildman–Crippen LogP) is 3.73. The van der Waals surface area contributed by atoms with Crippen LogP contribution in [0.2, 0.25) is 0 Å². The second-order valence-electron chi connectivity index (χ2n) is 4.90. The summed E-state index contributed by atoms with van der Waals surface area (Å²) in [4.78, 5) is 2.31. The fourth-order valence-corrected chi connectivity index (χ4v) is 1.98. The average Bonchev–Trinajstić information content (AvgIpc) is 2.24. The maximum Gasteiger partial charge on any atom is 0.0982 e. The highest BCUT2D eigenvalue weighted by atomic mass is 16.3. The van der Waals surface area contributed by atoms with E-state index < -0.39 is 5.60 Å². The Kier molecular flexibility index (Phi) is 7.98. The molecule has 0 aliphatic carbocycles. The molecule has 0 fully saturated rings.